The van der Waals surface area contributed by atoms with E-state index in [2.05, 4.69) is 24.4 Å². The quantitative estimate of drug-likeness (QED) is 0.601. The number of anilines is 2. The molecular weight excluding hydrogens is 392 g/mol. The number of hydrogen-bond acceptors (Lipinski definition) is 3. The average molecular weight is 417 g/mol. The number of aryl methyl sites for hydroxylation is 1. The van der Waals surface area contributed by atoms with Crippen molar-refractivity contribution in [1.82, 2.24) is 0 Å². The van der Waals surface area contributed by atoms with Crippen LogP contribution in [0.2, 0.25) is 0 Å². The summed E-state index contributed by atoms with van der Waals surface area (Å²) in [6.07, 6.45) is 1.30. The Kier molecular flexibility index (Phi) is 6.19. The molecule has 0 fully saturated rings. The Balaban J connectivity index is 1.55. The van der Waals surface area contributed by atoms with Gasteiger partial charge in [-0.3, -0.25) is 9.59 Å². The third kappa shape index (κ3) is 4.57. The van der Waals surface area contributed by atoms with Crippen molar-refractivity contribution in [3.63, 3.8) is 0 Å². The maximum absolute atomic E-state index is 13.2. The number of carbonyl (C=O) groups is 2. The van der Waals surface area contributed by atoms with E-state index in [1.54, 1.807) is 16.7 Å². The Bertz CT molecular complexity index is 1030. The second kappa shape index (κ2) is 9.18. The average Bonchev–Trinajstić information content (AvgIpc) is 2.91. The predicted molar refractivity (Wildman–Crippen MR) is 123 cm³/mol. The van der Waals surface area contributed by atoms with Crippen LogP contribution < -0.4 is 10.2 Å². The Morgan fingerprint density at radius 2 is 1.70 bits per heavy atom. The van der Waals surface area contributed by atoms with Crippen LogP contribution in [0, 0.1) is 0 Å². The molecule has 0 bridgehead atoms. The summed E-state index contributed by atoms with van der Waals surface area (Å²) in [5, 5.41) is 2.94. The molecule has 2 amide bonds. The minimum absolute atomic E-state index is 0.00650. The molecule has 0 saturated heterocycles. The lowest BCUT2D eigenvalue weighted by Gasteiger charge is -2.22. The van der Waals surface area contributed by atoms with E-state index in [9.17, 15) is 9.59 Å². The third-order valence-corrected chi connectivity index (χ3v) is 6.53. The number of nitrogens with one attached hydrogen (secondary N) is 1. The minimum atomic E-state index is -0.203. The molecule has 1 aliphatic heterocycles. The molecule has 0 unspecified atom stereocenters. The molecule has 30 heavy (non-hydrogen) atoms. The molecule has 1 N–H and O–H groups in total. The summed E-state index contributed by atoms with van der Waals surface area (Å²) in [6, 6.07) is 25.7. The lowest BCUT2D eigenvalue weighted by atomic mass is 10.1. The molecule has 0 aliphatic carbocycles. The molecule has 3 aromatic carbocycles. The standard InChI is InChI=1S/C25H24N2O2S/c1-2-18-12-14-20(15-13-18)26-24(28)17-27-21-10-6-7-11-22(21)30-23(16-25(27)29)19-8-4-3-5-9-19/h3-15,23H,2,16-17H2,1H3,(H,26,28)/t23-/m0/s1. The van der Waals surface area contributed by atoms with Crippen molar-refractivity contribution in [2.45, 2.75) is 29.9 Å². The van der Waals surface area contributed by atoms with E-state index < -0.39 is 0 Å². The molecule has 1 heterocycles. The Hall–Kier alpha value is -3.05. The number of nitrogens with zero attached hydrogens (tertiary/aromatic N) is 1. The molecule has 4 nitrogen and oxygen atoms in total. The first-order valence-corrected chi connectivity index (χ1v) is 11.0. The van der Waals surface area contributed by atoms with Gasteiger partial charge in [0.05, 0.1) is 5.69 Å². The molecule has 4 rings (SSSR count). The predicted octanol–water partition coefficient (Wildman–Crippen LogP) is 5.46. The Labute approximate surface area is 181 Å². The molecule has 1 aliphatic rings. The van der Waals surface area contributed by atoms with Crippen LogP contribution in [0.25, 0.3) is 0 Å². The van der Waals surface area contributed by atoms with Crippen LogP contribution in [0.15, 0.2) is 83.8 Å². The van der Waals surface area contributed by atoms with Gasteiger partial charge >= 0.3 is 0 Å². The fourth-order valence-electron chi connectivity index (χ4n) is 3.57. The highest BCUT2D eigenvalue weighted by molar-refractivity contribution is 7.99. The number of amides is 2. The molecule has 0 aromatic heterocycles. The summed E-state index contributed by atoms with van der Waals surface area (Å²) < 4.78 is 0. The van der Waals surface area contributed by atoms with Gasteiger partial charge in [-0.1, -0.05) is 61.5 Å². The zero-order chi connectivity index (χ0) is 20.9. The molecule has 152 valence electrons. The monoisotopic (exact) mass is 416 g/mol. The molecule has 3 aromatic rings. The van der Waals surface area contributed by atoms with Crippen molar-refractivity contribution in [2.24, 2.45) is 0 Å². The molecular formula is C25H24N2O2S. The first-order chi connectivity index (χ1) is 14.6. The van der Waals surface area contributed by atoms with Gasteiger partial charge in [0.1, 0.15) is 6.54 Å². The van der Waals surface area contributed by atoms with E-state index in [4.69, 9.17) is 0 Å². The number of rotatable bonds is 5. The van der Waals surface area contributed by atoms with E-state index in [0.29, 0.717) is 6.42 Å². The van der Waals surface area contributed by atoms with E-state index in [1.165, 1.54) is 5.56 Å². The van der Waals surface area contributed by atoms with E-state index in [-0.39, 0.29) is 23.6 Å². The van der Waals surface area contributed by atoms with Gasteiger partial charge in [0.15, 0.2) is 0 Å². The van der Waals surface area contributed by atoms with Gasteiger partial charge in [-0.25, -0.2) is 0 Å². The van der Waals surface area contributed by atoms with Crippen LogP contribution in [-0.2, 0) is 16.0 Å². The second-order valence-electron chi connectivity index (χ2n) is 7.27. The third-order valence-electron chi connectivity index (χ3n) is 5.21. The van der Waals surface area contributed by atoms with Crippen LogP contribution in [0.3, 0.4) is 0 Å². The molecule has 1 atom stereocenters. The largest absolute Gasteiger partial charge is 0.325 e. The van der Waals surface area contributed by atoms with Crippen LogP contribution in [0.1, 0.15) is 29.7 Å². The fraction of sp³-hybridized carbons (Fsp3) is 0.200. The van der Waals surface area contributed by atoms with Gasteiger partial charge < -0.3 is 10.2 Å². The maximum Gasteiger partial charge on any atom is 0.244 e. The zero-order valence-corrected chi connectivity index (χ0v) is 17.7. The van der Waals surface area contributed by atoms with Crippen LogP contribution >= 0.6 is 11.8 Å². The molecule has 0 radical (unpaired) electrons. The van der Waals surface area contributed by atoms with Gasteiger partial charge in [0.25, 0.3) is 0 Å². The van der Waals surface area contributed by atoms with Crippen molar-refractivity contribution in [3.8, 4) is 0 Å². The summed E-state index contributed by atoms with van der Waals surface area (Å²) in [4.78, 5) is 28.5. The van der Waals surface area contributed by atoms with Gasteiger partial charge in [0, 0.05) is 22.3 Å². The van der Waals surface area contributed by atoms with Gasteiger partial charge in [-0.15, -0.1) is 11.8 Å². The van der Waals surface area contributed by atoms with Crippen LogP contribution in [-0.4, -0.2) is 18.4 Å². The summed E-state index contributed by atoms with van der Waals surface area (Å²) in [7, 11) is 0. The number of para-hydroxylation sites is 1. The fourth-order valence-corrected chi connectivity index (χ4v) is 4.85. The van der Waals surface area contributed by atoms with E-state index in [0.717, 1.165) is 28.3 Å². The highest BCUT2D eigenvalue weighted by Gasteiger charge is 2.30. The van der Waals surface area contributed by atoms with E-state index >= 15 is 0 Å². The van der Waals surface area contributed by atoms with Crippen molar-refractivity contribution >= 4 is 35.0 Å². The summed E-state index contributed by atoms with van der Waals surface area (Å²) in [5.74, 6) is -0.247. The lowest BCUT2D eigenvalue weighted by Crippen LogP contribution is -2.38. The topological polar surface area (TPSA) is 49.4 Å². The number of fused-ring (bicyclic) bond motifs is 1. The first kappa shape index (κ1) is 20.2. The van der Waals surface area contributed by atoms with Crippen molar-refractivity contribution < 1.29 is 9.59 Å². The SMILES string of the molecule is CCc1ccc(NC(=O)CN2C(=O)C[C@@H](c3ccccc3)Sc3ccccc32)cc1. The second-order valence-corrected chi connectivity index (χ2v) is 8.51. The molecule has 5 heteroatoms. The first-order valence-electron chi connectivity index (χ1n) is 10.1. The number of carbonyl (C=O) groups excluding carboxylic acids is 2. The zero-order valence-electron chi connectivity index (χ0n) is 16.9. The highest BCUT2D eigenvalue weighted by atomic mass is 32.2. The molecule has 0 spiro atoms. The van der Waals surface area contributed by atoms with Crippen molar-refractivity contribution in [3.05, 3.63) is 90.0 Å². The van der Waals surface area contributed by atoms with Crippen molar-refractivity contribution in [1.29, 1.82) is 0 Å². The Morgan fingerprint density at radius 1 is 1.00 bits per heavy atom. The van der Waals surface area contributed by atoms with Crippen LogP contribution in [0.5, 0.6) is 0 Å². The summed E-state index contributed by atoms with van der Waals surface area (Å²) in [5.41, 5.74) is 3.87. The highest BCUT2D eigenvalue weighted by Crippen LogP contribution is 2.45. The number of thioether (sulfide) groups is 1. The number of hydrogen-bond donors (Lipinski definition) is 1. The van der Waals surface area contributed by atoms with Gasteiger partial charge in [-0.05, 0) is 41.8 Å². The van der Waals surface area contributed by atoms with Crippen LogP contribution in [0.4, 0.5) is 11.4 Å². The molecule has 0 saturated carbocycles. The lowest BCUT2D eigenvalue weighted by molar-refractivity contribution is -0.121. The van der Waals surface area contributed by atoms with E-state index in [1.807, 2.05) is 66.7 Å². The maximum atomic E-state index is 13.2. The summed E-state index contributed by atoms with van der Waals surface area (Å²) >= 11 is 1.68. The summed E-state index contributed by atoms with van der Waals surface area (Å²) in [6.45, 7) is 2.09. The Morgan fingerprint density at radius 3 is 2.43 bits per heavy atom. The smallest absolute Gasteiger partial charge is 0.244 e. The van der Waals surface area contributed by atoms with Gasteiger partial charge in [-0.2, -0.15) is 0 Å². The minimum Gasteiger partial charge on any atom is -0.325 e. The van der Waals surface area contributed by atoms with Gasteiger partial charge in [0.2, 0.25) is 11.8 Å². The number of benzene rings is 3. The van der Waals surface area contributed by atoms with Crippen molar-refractivity contribution in [2.75, 3.05) is 16.8 Å². The normalized spacial score (nSPS) is 16.0.